The average Bonchev–Trinajstić information content (AvgIpc) is 2.00. The average molecular weight is 261 g/mol. The molecular formula is C9H22Cl2N2O2. The van der Waals surface area contributed by atoms with Crippen LogP contribution in [0.4, 0.5) is 0 Å². The van der Waals surface area contributed by atoms with E-state index in [1.165, 1.54) is 7.11 Å². The van der Waals surface area contributed by atoms with Gasteiger partial charge < -0.3 is 16.2 Å². The highest BCUT2D eigenvalue weighted by Gasteiger charge is 2.15. The first-order valence-corrected chi connectivity index (χ1v) is 4.49. The van der Waals surface area contributed by atoms with E-state index in [1.807, 2.05) is 13.8 Å². The van der Waals surface area contributed by atoms with Crippen molar-refractivity contribution in [1.82, 2.24) is 0 Å². The zero-order valence-electron chi connectivity index (χ0n) is 9.49. The molecule has 0 saturated heterocycles. The molecule has 0 amide bonds. The van der Waals surface area contributed by atoms with Crippen molar-refractivity contribution in [3.8, 4) is 0 Å². The largest absolute Gasteiger partial charge is 0.468 e. The molecule has 4 N–H and O–H groups in total. The Morgan fingerprint density at radius 1 is 1.40 bits per heavy atom. The predicted molar refractivity (Wildman–Crippen MR) is 66.6 cm³/mol. The lowest BCUT2D eigenvalue weighted by Gasteiger charge is -2.18. The lowest BCUT2D eigenvalue weighted by Crippen LogP contribution is -2.34. The molecule has 15 heavy (non-hydrogen) atoms. The van der Waals surface area contributed by atoms with Gasteiger partial charge in [-0.15, -0.1) is 24.8 Å². The molecule has 0 rings (SSSR count). The number of esters is 1. The number of rotatable bonds is 5. The molecule has 0 heterocycles. The van der Waals surface area contributed by atoms with Gasteiger partial charge in [-0.2, -0.15) is 0 Å². The molecule has 0 aliphatic carbocycles. The summed E-state index contributed by atoms with van der Waals surface area (Å²) in [6, 6.07) is -0.507. The monoisotopic (exact) mass is 260 g/mol. The van der Waals surface area contributed by atoms with Gasteiger partial charge in [-0.1, -0.05) is 0 Å². The molecule has 0 aliphatic heterocycles. The van der Waals surface area contributed by atoms with E-state index in [2.05, 4.69) is 4.74 Å². The molecule has 4 nitrogen and oxygen atoms in total. The number of ether oxygens (including phenoxy) is 1. The number of hydrogen-bond acceptors (Lipinski definition) is 4. The summed E-state index contributed by atoms with van der Waals surface area (Å²) >= 11 is 0. The van der Waals surface area contributed by atoms with Crippen LogP contribution in [0.1, 0.15) is 33.1 Å². The Balaban J connectivity index is -0.000000720. The number of carbonyl (C=O) groups excluding carboxylic acids is 1. The van der Waals surface area contributed by atoms with Crippen LogP contribution in [0.2, 0.25) is 0 Å². The van der Waals surface area contributed by atoms with E-state index in [-0.39, 0.29) is 36.3 Å². The van der Waals surface area contributed by atoms with Crippen LogP contribution in [0.25, 0.3) is 0 Å². The molecule has 0 aromatic carbocycles. The Morgan fingerprint density at radius 2 is 1.87 bits per heavy atom. The van der Waals surface area contributed by atoms with Gasteiger partial charge in [-0.25, -0.2) is 0 Å². The first-order valence-electron chi connectivity index (χ1n) is 4.49. The molecule has 0 aliphatic rings. The summed E-state index contributed by atoms with van der Waals surface area (Å²) in [6.07, 6.45) is 2.34. The Bertz CT molecular complexity index is 172. The predicted octanol–water partition coefficient (Wildman–Crippen LogP) is 1.24. The van der Waals surface area contributed by atoms with Crippen molar-refractivity contribution < 1.29 is 9.53 Å². The molecule has 6 heteroatoms. The number of carbonyl (C=O) groups is 1. The third-order valence-corrected chi connectivity index (χ3v) is 1.84. The van der Waals surface area contributed by atoms with Crippen molar-refractivity contribution in [3.05, 3.63) is 0 Å². The van der Waals surface area contributed by atoms with Gasteiger partial charge in [0, 0.05) is 5.54 Å². The molecule has 0 aromatic rings. The molecule has 0 saturated carbocycles. The highest BCUT2D eigenvalue weighted by Crippen LogP contribution is 2.10. The van der Waals surface area contributed by atoms with Gasteiger partial charge in [0.15, 0.2) is 0 Å². The molecule has 1 atom stereocenters. The Kier molecular flexibility index (Phi) is 12.5. The number of nitrogens with two attached hydrogens (primary N) is 2. The van der Waals surface area contributed by atoms with Crippen LogP contribution < -0.4 is 11.5 Å². The molecule has 1 unspecified atom stereocenters. The highest BCUT2D eigenvalue weighted by atomic mass is 35.5. The molecule has 0 fully saturated rings. The summed E-state index contributed by atoms with van der Waals surface area (Å²) < 4.78 is 4.50. The van der Waals surface area contributed by atoms with Gasteiger partial charge in [0.25, 0.3) is 0 Å². The van der Waals surface area contributed by atoms with Crippen LogP contribution in [-0.2, 0) is 9.53 Å². The van der Waals surface area contributed by atoms with Gasteiger partial charge >= 0.3 is 5.97 Å². The number of halogens is 2. The van der Waals surface area contributed by atoms with Crippen molar-refractivity contribution in [2.45, 2.75) is 44.7 Å². The van der Waals surface area contributed by atoms with E-state index in [0.29, 0.717) is 6.42 Å². The van der Waals surface area contributed by atoms with Crippen LogP contribution >= 0.6 is 24.8 Å². The van der Waals surface area contributed by atoms with E-state index in [4.69, 9.17) is 11.5 Å². The summed E-state index contributed by atoms with van der Waals surface area (Å²) in [7, 11) is 1.34. The van der Waals surface area contributed by atoms with E-state index < -0.39 is 6.04 Å². The fraction of sp³-hybridized carbons (Fsp3) is 0.889. The van der Waals surface area contributed by atoms with Gasteiger partial charge in [0.2, 0.25) is 0 Å². The van der Waals surface area contributed by atoms with E-state index in [9.17, 15) is 4.79 Å². The van der Waals surface area contributed by atoms with Gasteiger partial charge in [0.05, 0.1) is 7.11 Å². The van der Waals surface area contributed by atoms with E-state index >= 15 is 0 Å². The molecule has 0 spiro atoms. The third kappa shape index (κ3) is 11.9. The fourth-order valence-electron chi connectivity index (χ4n) is 1.05. The van der Waals surface area contributed by atoms with Crippen molar-refractivity contribution in [3.63, 3.8) is 0 Å². The van der Waals surface area contributed by atoms with Crippen LogP contribution in [0.15, 0.2) is 0 Å². The summed E-state index contributed by atoms with van der Waals surface area (Å²) in [6.45, 7) is 3.91. The van der Waals surface area contributed by atoms with E-state index in [1.54, 1.807) is 0 Å². The first-order chi connectivity index (χ1) is 5.87. The van der Waals surface area contributed by atoms with Crippen molar-refractivity contribution >= 4 is 30.8 Å². The third-order valence-electron chi connectivity index (χ3n) is 1.84. The Morgan fingerprint density at radius 3 is 2.20 bits per heavy atom. The Labute approximate surface area is 104 Å². The van der Waals surface area contributed by atoms with Crippen molar-refractivity contribution in [1.29, 1.82) is 0 Å². The van der Waals surface area contributed by atoms with Gasteiger partial charge in [0.1, 0.15) is 6.04 Å². The minimum absolute atomic E-state index is 0. The zero-order valence-corrected chi connectivity index (χ0v) is 11.1. The van der Waals surface area contributed by atoms with Crippen molar-refractivity contribution in [2.75, 3.05) is 7.11 Å². The van der Waals surface area contributed by atoms with Crippen molar-refractivity contribution in [2.24, 2.45) is 11.5 Å². The summed E-state index contributed by atoms with van der Waals surface area (Å²) in [5.74, 6) is -0.352. The summed E-state index contributed by atoms with van der Waals surface area (Å²) in [5, 5.41) is 0. The smallest absolute Gasteiger partial charge is 0.322 e. The van der Waals surface area contributed by atoms with Gasteiger partial charge in [-0.05, 0) is 33.1 Å². The quantitative estimate of drug-likeness (QED) is 0.730. The summed E-state index contributed by atoms with van der Waals surface area (Å²) in [5.41, 5.74) is 11.1. The van der Waals surface area contributed by atoms with E-state index in [0.717, 1.165) is 12.8 Å². The van der Waals surface area contributed by atoms with Crippen LogP contribution in [0.5, 0.6) is 0 Å². The number of methoxy groups -OCH3 is 1. The maximum absolute atomic E-state index is 10.9. The standard InChI is InChI=1S/C9H20N2O2.2ClH/c1-9(2,11)6-4-5-7(10)8(12)13-3;;/h7H,4-6,10-11H2,1-3H3;2*1H. The van der Waals surface area contributed by atoms with Crippen LogP contribution in [0.3, 0.4) is 0 Å². The minimum atomic E-state index is -0.507. The van der Waals surface area contributed by atoms with Gasteiger partial charge in [-0.3, -0.25) is 4.79 Å². The molecule has 0 aromatic heterocycles. The molecule has 0 radical (unpaired) electrons. The molecular weight excluding hydrogens is 239 g/mol. The zero-order chi connectivity index (χ0) is 10.5. The summed E-state index contributed by atoms with van der Waals surface area (Å²) in [4.78, 5) is 10.9. The number of hydrogen-bond donors (Lipinski definition) is 2. The second kappa shape index (κ2) is 9.21. The maximum Gasteiger partial charge on any atom is 0.322 e. The van der Waals surface area contributed by atoms with Crippen LogP contribution in [-0.4, -0.2) is 24.7 Å². The topological polar surface area (TPSA) is 78.3 Å². The first kappa shape index (κ1) is 20.4. The maximum atomic E-state index is 10.9. The van der Waals surface area contributed by atoms with Crippen LogP contribution in [0, 0.1) is 0 Å². The normalized spacial score (nSPS) is 12.1. The SMILES string of the molecule is COC(=O)C(N)CCCC(C)(C)N.Cl.Cl. The second-order valence-corrected chi connectivity index (χ2v) is 4.01. The second-order valence-electron chi connectivity index (χ2n) is 4.01. The molecule has 94 valence electrons. The Hall–Kier alpha value is -0.0300. The lowest BCUT2D eigenvalue weighted by atomic mass is 9.97. The minimum Gasteiger partial charge on any atom is -0.468 e. The fourth-order valence-corrected chi connectivity index (χ4v) is 1.05. The molecule has 0 bridgehead atoms. The highest BCUT2D eigenvalue weighted by molar-refractivity contribution is 5.85. The lowest BCUT2D eigenvalue weighted by molar-refractivity contribution is -0.142.